The van der Waals surface area contributed by atoms with Gasteiger partial charge in [-0.05, 0) is 71.6 Å². The summed E-state index contributed by atoms with van der Waals surface area (Å²) in [5, 5.41) is 5.98. The molecule has 1 aromatic rings. The van der Waals surface area contributed by atoms with Gasteiger partial charge in [0, 0.05) is 24.8 Å². The molecule has 27 heavy (non-hydrogen) atoms. The van der Waals surface area contributed by atoms with Gasteiger partial charge in [-0.1, -0.05) is 12.1 Å². The summed E-state index contributed by atoms with van der Waals surface area (Å²) < 4.78 is 5.31. The highest BCUT2D eigenvalue weighted by Gasteiger charge is 2.28. The number of benzene rings is 1. The molecular formula is C21H33N3O3. The highest BCUT2D eigenvalue weighted by atomic mass is 16.6. The maximum absolute atomic E-state index is 12.6. The van der Waals surface area contributed by atoms with Crippen LogP contribution in [0.2, 0.25) is 0 Å². The monoisotopic (exact) mass is 375 g/mol. The molecule has 2 N–H and O–H groups in total. The number of rotatable bonds is 4. The molecule has 0 radical (unpaired) electrons. The van der Waals surface area contributed by atoms with E-state index < -0.39 is 5.60 Å². The van der Waals surface area contributed by atoms with Gasteiger partial charge in [0.05, 0.1) is 6.04 Å². The maximum Gasteiger partial charge on any atom is 0.407 e. The van der Waals surface area contributed by atoms with E-state index in [4.69, 9.17) is 4.74 Å². The molecule has 1 unspecified atom stereocenters. The minimum Gasteiger partial charge on any atom is -0.444 e. The van der Waals surface area contributed by atoms with Crippen LogP contribution in [0.15, 0.2) is 18.2 Å². The molecule has 0 aliphatic carbocycles. The molecule has 2 amide bonds. The summed E-state index contributed by atoms with van der Waals surface area (Å²) in [7, 11) is 0. The third-order valence-electron chi connectivity index (χ3n) is 4.83. The van der Waals surface area contributed by atoms with Crippen LogP contribution in [0.25, 0.3) is 0 Å². The number of alkyl carbamates (subject to hydrolysis) is 1. The minimum absolute atomic E-state index is 0.00208. The van der Waals surface area contributed by atoms with Crippen LogP contribution in [0.5, 0.6) is 0 Å². The van der Waals surface area contributed by atoms with Gasteiger partial charge in [0.1, 0.15) is 5.60 Å². The first-order valence-corrected chi connectivity index (χ1v) is 9.67. The number of nitrogens with zero attached hydrogens (tertiary/aromatic N) is 1. The van der Waals surface area contributed by atoms with Gasteiger partial charge in [-0.3, -0.25) is 9.69 Å². The predicted octanol–water partition coefficient (Wildman–Crippen LogP) is 3.62. The Morgan fingerprint density at radius 3 is 2.41 bits per heavy atom. The number of amides is 2. The number of hydrogen-bond acceptors (Lipinski definition) is 4. The number of anilines is 1. The second-order valence-electron chi connectivity index (χ2n) is 8.44. The van der Waals surface area contributed by atoms with Gasteiger partial charge in [0.2, 0.25) is 5.91 Å². The van der Waals surface area contributed by atoms with Crippen LogP contribution < -0.4 is 10.6 Å². The van der Waals surface area contributed by atoms with Gasteiger partial charge < -0.3 is 15.4 Å². The molecule has 6 nitrogen and oxygen atoms in total. The van der Waals surface area contributed by atoms with E-state index in [1.807, 2.05) is 59.7 Å². The second kappa shape index (κ2) is 8.74. The van der Waals surface area contributed by atoms with E-state index in [0.29, 0.717) is 0 Å². The summed E-state index contributed by atoms with van der Waals surface area (Å²) in [4.78, 5) is 26.7. The molecule has 0 spiro atoms. The van der Waals surface area contributed by atoms with E-state index in [2.05, 4.69) is 15.5 Å². The van der Waals surface area contributed by atoms with Crippen molar-refractivity contribution in [1.29, 1.82) is 0 Å². The number of likely N-dealkylation sites (tertiary alicyclic amines) is 1. The maximum atomic E-state index is 12.6. The molecule has 1 atom stereocenters. The normalized spacial score (nSPS) is 17.3. The Bertz CT molecular complexity index is 674. The smallest absolute Gasteiger partial charge is 0.407 e. The lowest BCUT2D eigenvalue weighted by molar-refractivity contribution is -0.121. The largest absolute Gasteiger partial charge is 0.444 e. The van der Waals surface area contributed by atoms with Gasteiger partial charge in [-0.15, -0.1) is 0 Å². The zero-order valence-corrected chi connectivity index (χ0v) is 17.4. The van der Waals surface area contributed by atoms with E-state index >= 15 is 0 Å². The van der Waals surface area contributed by atoms with Crippen molar-refractivity contribution in [1.82, 2.24) is 10.2 Å². The van der Waals surface area contributed by atoms with E-state index in [1.54, 1.807) is 0 Å². The highest BCUT2D eigenvalue weighted by molar-refractivity contribution is 5.95. The number of nitrogens with one attached hydrogen (secondary N) is 2. The lowest BCUT2D eigenvalue weighted by atomic mass is 10.0. The molecule has 0 aromatic heterocycles. The minimum atomic E-state index is -0.495. The summed E-state index contributed by atoms with van der Waals surface area (Å²) in [5.74, 6) is 0.00208. The fourth-order valence-electron chi connectivity index (χ4n) is 3.18. The molecular weight excluding hydrogens is 342 g/mol. The molecule has 1 aliphatic heterocycles. The number of hydrogen-bond donors (Lipinski definition) is 2. The van der Waals surface area contributed by atoms with Gasteiger partial charge >= 0.3 is 6.09 Å². The van der Waals surface area contributed by atoms with Crippen molar-refractivity contribution < 1.29 is 14.3 Å². The molecule has 0 saturated carbocycles. The second-order valence-corrected chi connectivity index (χ2v) is 8.44. The molecule has 2 rings (SSSR count). The van der Waals surface area contributed by atoms with E-state index in [1.165, 1.54) is 0 Å². The van der Waals surface area contributed by atoms with Crippen LogP contribution in [-0.2, 0) is 9.53 Å². The van der Waals surface area contributed by atoms with Crippen molar-refractivity contribution in [2.45, 2.75) is 72.1 Å². The molecule has 1 saturated heterocycles. The van der Waals surface area contributed by atoms with Gasteiger partial charge in [-0.25, -0.2) is 4.79 Å². The van der Waals surface area contributed by atoms with Crippen molar-refractivity contribution in [3.63, 3.8) is 0 Å². The van der Waals surface area contributed by atoms with E-state index in [-0.39, 0.29) is 24.1 Å². The lowest BCUT2D eigenvalue weighted by Crippen LogP contribution is -2.51. The molecule has 6 heteroatoms. The molecule has 0 bridgehead atoms. The summed E-state index contributed by atoms with van der Waals surface area (Å²) in [6.45, 7) is 13.0. The van der Waals surface area contributed by atoms with Crippen molar-refractivity contribution in [2.75, 3.05) is 18.4 Å². The quantitative estimate of drug-likeness (QED) is 0.843. The Kier molecular flexibility index (Phi) is 6.87. The Hall–Kier alpha value is -2.08. The first-order chi connectivity index (χ1) is 12.5. The van der Waals surface area contributed by atoms with Gasteiger partial charge in [0.25, 0.3) is 0 Å². The third-order valence-corrected chi connectivity index (χ3v) is 4.83. The van der Waals surface area contributed by atoms with Crippen LogP contribution in [0.3, 0.4) is 0 Å². The topological polar surface area (TPSA) is 70.7 Å². The third kappa shape index (κ3) is 6.54. The fourth-order valence-corrected chi connectivity index (χ4v) is 3.18. The number of aryl methyl sites for hydroxylation is 2. The number of carbonyl (C=O) groups is 2. The molecule has 1 fully saturated rings. The first-order valence-electron chi connectivity index (χ1n) is 9.67. The Morgan fingerprint density at radius 2 is 1.81 bits per heavy atom. The summed E-state index contributed by atoms with van der Waals surface area (Å²) in [6, 6.07) is 5.93. The van der Waals surface area contributed by atoms with Gasteiger partial charge in [0.15, 0.2) is 0 Å². The average Bonchev–Trinajstić information content (AvgIpc) is 2.56. The summed E-state index contributed by atoms with van der Waals surface area (Å²) in [5.41, 5.74) is 2.55. The number of carbonyl (C=O) groups excluding carboxylic acids is 2. The Labute approximate surface area is 162 Å². The Balaban J connectivity index is 1.83. The Morgan fingerprint density at radius 1 is 1.19 bits per heavy atom. The van der Waals surface area contributed by atoms with Crippen LogP contribution in [-0.4, -0.2) is 47.7 Å². The number of ether oxygens (including phenoxy) is 1. The molecule has 1 heterocycles. The van der Waals surface area contributed by atoms with Crippen LogP contribution in [0.1, 0.15) is 51.7 Å². The average molecular weight is 376 g/mol. The first kappa shape index (κ1) is 21.2. The molecule has 150 valence electrons. The summed E-state index contributed by atoms with van der Waals surface area (Å²) >= 11 is 0. The fraction of sp³-hybridized carbons (Fsp3) is 0.619. The van der Waals surface area contributed by atoms with Crippen molar-refractivity contribution in [2.24, 2.45) is 0 Å². The van der Waals surface area contributed by atoms with E-state index in [0.717, 1.165) is 42.7 Å². The van der Waals surface area contributed by atoms with E-state index in [9.17, 15) is 9.59 Å². The molecule has 1 aliphatic rings. The number of piperidine rings is 1. The van der Waals surface area contributed by atoms with Crippen molar-refractivity contribution >= 4 is 17.7 Å². The lowest BCUT2D eigenvalue weighted by Gasteiger charge is -2.35. The van der Waals surface area contributed by atoms with Crippen LogP contribution in [0, 0.1) is 13.8 Å². The van der Waals surface area contributed by atoms with Crippen molar-refractivity contribution in [3.05, 3.63) is 29.3 Å². The SMILES string of the molecule is Cc1ccc(C)c(NC(=O)C(C)N2CCC(NC(=O)OC(C)(C)C)CC2)c1. The predicted molar refractivity (Wildman–Crippen MR) is 108 cm³/mol. The van der Waals surface area contributed by atoms with Crippen LogP contribution >= 0.6 is 0 Å². The van der Waals surface area contributed by atoms with Gasteiger partial charge in [-0.2, -0.15) is 0 Å². The van der Waals surface area contributed by atoms with Crippen LogP contribution in [0.4, 0.5) is 10.5 Å². The zero-order valence-electron chi connectivity index (χ0n) is 17.4. The molecule has 1 aromatic carbocycles. The summed E-state index contributed by atoms with van der Waals surface area (Å²) in [6.07, 6.45) is 1.24. The van der Waals surface area contributed by atoms with Crippen molar-refractivity contribution in [3.8, 4) is 0 Å². The standard InChI is InChI=1S/C21H33N3O3/c1-14-7-8-15(2)18(13-14)23-19(25)16(3)24-11-9-17(10-12-24)22-20(26)27-21(4,5)6/h7-8,13,16-17H,9-12H2,1-6H3,(H,22,26)(H,23,25). The zero-order chi connectivity index (χ0) is 20.2. The highest BCUT2D eigenvalue weighted by Crippen LogP contribution is 2.19.